The first-order valence-corrected chi connectivity index (χ1v) is 15.8. The number of aromatic nitrogens is 5. The lowest BCUT2D eigenvalue weighted by molar-refractivity contribution is -0.765. The molecule has 2 aliphatic heterocycles. The Morgan fingerprint density at radius 3 is 2.34 bits per heavy atom. The smallest absolute Gasteiger partial charge is 0.387 e. The quantitative estimate of drug-likeness (QED) is 0.0669. The summed E-state index contributed by atoms with van der Waals surface area (Å²) in [6.45, 7) is -0.403. The second-order valence-corrected chi connectivity index (χ2v) is 12.9. The van der Waals surface area contributed by atoms with Crippen LogP contribution in [-0.4, -0.2) is 105 Å². The number of hydrogen-bond donors (Lipinski definition) is 7. The number of fused-ring (bicyclic) bond motifs is 1. The zero-order chi connectivity index (χ0) is 32.0. The highest BCUT2D eigenvalue weighted by Crippen LogP contribution is 2.61. The van der Waals surface area contributed by atoms with Crippen molar-refractivity contribution in [1.82, 2.24) is 19.5 Å². The lowest BCUT2D eigenvalue weighted by Crippen LogP contribution is -2.46. The van der Waals surface area contributed by atoms with Gasteiger partial charge in [-0.1, -0.05) is 0 Å². The Balaban J connectivity index is 1.27. The van der Waals surface area contributed by atoms with Crippen LogP contribution in [0.4, 0.5) is 5.82 Å². The minimum Gasteiger partial charge on any atom is -0.387 e. The number of ether oxygens (including phenoxy) is 2. The van der Waals surface area contributed by atoms with E-state index >= 15 is 0 Å². The van der Waals surface area contributed by atoms with E-state index in [1.54, 1.807) is 0 Å². The third-order valence-electron chi connectivity index (χ3n) is 6.86. The van der Waals surface area contributed by atoms with E-state index in [4.69, 9.17) is 24.3 Å². The van der Waals surface area contributed by atoms with E-state index < -0.39 is 77.9 Å². The number of anilines is 1. The molecule has 9 atom stereocenters. The molecule has 2 fully saturated rings. The number of rotatable bonds is 11. The van der Waals surface area contributed by atoms with Gasteiger partial charge in [0, 0.05) is 6.07 Å². The zero-order valence-corrected chi connectivity index (χ0v) is 24.4. The first-order valence-electron chi connectivity index (χ1n) is 12.8. The summed E-state index contributed by atoms with van der Waals surface area (Å²) < 4.78 is 53.1. The topological polar surface area (TPSA) is 292 Å². The lowest BCUT2D eigenvalue weighted by Gasteiger charge is -2.22. The highest BCUT2D eigenvalue weighted by atomic mass is 31.3. The molecular weight excluding hydrogens is 634 g/mol. The van der Waals surface area contributed by atoms with Crippen LogP contribution in [0, 0.1) is 0 Å². The number of aliphatic hydroxyl groups excluding tert-OH is 4. The fourth-order valence-electron chi connectivity index (χ4n) is 4.67. The molecule has 0 saturated carbocycles. The number of pyridine rings is 1. The van der Waals surface area contributed by atoms with Gasteiger partial charge in [0.25, 0.3) is 6.23 Å². The predicted octanol–water partition coefficient (Wildman–Crippen LogP) is -1.91. The number of carbonyl (C=O) groups excluding carboxylic acids is 1. The van der Waals surface area contributed by atoms with E-state index in [0.717, 1.165) is 6.33 Å². The third kappa shape index (κ3) is 6.73. The van der Waals surface area contributed by atoms with E-state index in [9.17, 15) is 44.1 Å². The molecule has 0 spiro atoms. The molecule has 3 aromatic heterocycles. The summed E-state index contributed by atoms with van der Waals surface area (Å²) in [5.74, 6) is -0.222. The lowest BCUT2D eigenvalue weighted by atomic mass is 10.1. The summed E-state index contributed by atoms with van der Waals surface area (Å²) in [4.78, 5) is 42.3. The molecule has 0 bridgehead atoms. The Labute approximate surface area is 247 Å². The Morgan fingerprint density at radius 2 is 1.68 bits per heavy atom. The molecule has 0 aromatic carbocycles. The zero-order valence-electron chi connectivity index (χ0n) is 22.7. The van der Waals surface area contributed by atoms with Gasteiger partial charge in [0.1, 0.15) is 42.4 Å². The molecule has 0 radical (unpaired) electrons. The van der Waals surface area contributed by atoms with Gasteiger partial charge >= 0.3 is 15.6 Å². The normalized spacial score (nSPS) is 30.5. The summed E-state index contributed by atoms with van der Waals surface area (Å²) in [6, 6.07) is 3.04. The molecule has 1 unspecified atom stereocenters. The number of Topliss-reactive ketones (excluding diaryl/α,β-unsaturated/α-hetero) is 1. The maximum Gasteiger partial charge on any atom is 0.483 e. The van der Waals surface area contributed by atoms with Crippen molar-refractivity contribution in [2.45, 2.75) is 56.0 Å². The fourth-order valence-corrected chi connectivity index (χ4v) is 6.82. The SMILES string of the molecule is CC(=O)c1ccc[n+]([C@@H]2O[C@H](COP(=O)(OC[C@H]3O[C@@H](n4cnc5c(N)ncnc54)[C@H](O)[C@@H]3O)OP(=O)(O)O)[C@@H](O)[C@H]2O)c1. The molecule has 44 heavy (non-hydrogen) atoms. The van der Waals surface area contributed by atoms with Crippen molar-refractivity contribution in [2.75, 3.05) is 18.9 Å². The number of hydrogen-bond acceptors (Lipinski definition) is 16. The van der Waals surface area contributed by atoms with E-state index in [-0.39, 0.29) is 28.3 Å². The predicted molar refractivity (Wildman–Crippen MR) is 141 cm³/mol. The summed E-state index contributed by atoms with van der Waals surface area (Å²) in [5, 5.41) is 42.2. The molecule has 5 rings (SSSR count). The number of aliphatic hydroxyl groups is 4. The molecule has 5 heterocycles. The van der Waals surface area contributed by atoms with Crippen LogP contribution in [0.1, 0.15) is 29.7 Å². The summed E-state index contributed by atoms with van der Waals surface area (Å²) in [7, 11) is -10.7. The van der Waals surface area contributed by atoms with Gasteiger partial charge in [0.15, 0.2) is 42.0 Å². The highest BCUT2D eigenvalue weighted by molar-refractivity contribution is 7.61. The van der Waals surface area contributed by atoms with E-state index in [1.807, 2.05) is 0 Å². The fraction of sp³-hybridized carbons (Fsp3) is 0.500. The Kier molecular flexibility index (Phi) is 9.28. The number of nitrogen functional groups attached to an aromatic ring is 1. The van der Waals surface area contributed by atoms with E-state index in [0.29, 0.717) is 0 Å². The van der Waals surface area contributed by atoms with Crippen LogP contribution in [0.5, 0.6) is 0 Å². The van der Waals surface area contributed by atoms with Crippen molar-refractivity contribution in [3.63, 3.8) is 0 Å². The van der Waals surface area contributed by atoms with Crippen LogP contribution in [0.15, 0.2) is 37.2 Å². The maximum absolute atomic E-state index is 13.3. The largest absolute Gasteiger partial charge is 0.483 e. The van der Waals surface area contributed by atoms with Crippen LogP contribution < -0.4 is 10.3 Å². The van der Waals surface area contributed by atoms with Crippen LogP contribution in [0.2, 0.25) is 0 Å². The van der Waals surface area contributed by atoms with Crippen molar-refractivity contribution < 1.29 is 71.5 Å². The summed E-state index contributed by atoms with van der Waals surface area (Å²) >= 11 is 0. The third-order valence-corrected chi connectivity index (χ3v) is 9.44. The summed E-state index contributed by atoms with van der Waals surface area (Å²) in [6.07, 6.45) is -6.61. The molecule has 20 nitrogen and oxygen atoms in total. The molecule has 2 saturated heterocycles. The standard InChI is InChI=1S/C22H28N6O14P2/c1-10(29)11-3-2-4-27(5-11)21-17(32)15(30)12(40-21)6-38-44(37,42-43(34,35)36)39-7-13-16(31)18(33)22(41-13)28-9-26-14-19(23)24-8-25-20(14)28/h2-5,8-9,12-13,15-18,21-22,30-33H,6-7H2,1H3,(H3-,23,24,25,34,35,36)/p+1/t12-,13-,15-,16-,17-,18-,21-,22-,44?/m1/s1. The first-order chi connectivity index (χ1) is 20.7. The highest BCUT2D eigenvalue weighted by Gasteiger charge is 2.51. The Hall–Kier alpha value is -2.81. The number of carbonyl (C=O) groups is 1. The molecule has 2 aliphatic rings. The maximum atomic E-state index is 13.3. The monoisotopic (exact) mass is 663 g/mol. The van der Waals surface area contributed by atoms with Crippen molar-refractivity contribution in [3.05, 3.63) is 42.7 Å². The van der Waals surface area contributed by atoms with Crippen molar-refractivity contribution in [2.24, 2.45) is 0 Å². The Bertz CT molecular complexity index is 1620. The average Bonchev–Trinajstić information content (AvgIpc) is 3.60. The average molecular weight is 663 g/mol. The minimum atomic E-state index is -5.52. The van der Waals surface area contributed by atoms with Gasteiger partial charge in [-0.25, -0.2) is 24.1 Å². The van der Waals surface area contributed by atoms with Gasteiger partial charge in [0.2, 0.25) is 0 Å². The Morgan fingerprint density at radius 1 is 1.02 bits per heavy atom. The molecular formula is C22H29N6O14P2+. The van der Waals surface area contributed by atoms with E-state index in [1.165, 1.54) is 46.9 Å². The van der Waals surface area contributed by atoms with Crippen LogP contribution in [0.3, 0.4) is 0 Å². The van der Waals surface area contributed by atoms with Gasteiger partial charge in [-0.2, -0.15) is 8.88 Å². The molecule has 0 amide bonds. The van der Waals surface area contributed by atoms with Crippen LogP contribution >= 0.6 is 15.6 Å². The molecule has 3 aromatic rings. The van der Waals surface area contributed by atoms with Gasteiger partial charge in [0.05, 0.1) is 25.1 Å². The molecule has 22 heteroatoms. The van der Waals surface area contributed by atoms with Crippen LogP contribution in [-0.2, 0) is 32.0 Å². The number of ketones is 1. The molecule has 8 N–H and O–H groups in total. The molecule has 0 aliphatic carbocycles. The number of imidazole rings is 1. The number of nitrogens with two attached hydrogens (primary N) is 1. The number of phosphoric acid groups is 2. The van der Waals surface area contributed by atoms with Gasteiger partial charge in [-0.3, -0.25) is 18.4 Å². The van der Waals surface area contributed by atoms with Crippen molar-refractivity contribution >= 4 is 38.4 Å². The minimum absolute atomic E-state index is 0.0488. The van der Waals surface area contributed by atoms with Crippen molar-refractivity contribution in [3.8, 4) is 0 Å². The second-order valence-electron chi connectivity index (χ2n) is 9.88. The van der Waals surface area contributed by atoms with E-state index in [2.05, 4.69) is 19.3 Å². The first kappa shape index (κ1) is 32.6. The second kappa shape index (κ2) is 12.5. The van der Waals surface area contributed by atoms with Crippen molar-refractivity contribution in [1.29, 1.82) is 0 Å². The van der Waals surface area contributed by atoms with Gasteiger partial charge in [-0.05, 0) is 13.0 Å². The molecule has 240 valence electrons. The van der Waals surface area contributed by atoms with Gasteiger partial charge in [-0.15, -0.1) is 0 Å². The number of phosphoric ester groups is 1. The van der Waals surface area contributed by atoms with Crippen LogP contribution in [0.25, 0.3) is 11.2 Å². The van der Waals surface area contributed by atoms with Gasteiger partial charge < -0.3 is 45.4 Å². The number of nitrogens with zero attached hydrogens (tertiary/aromatic N) is 5. The summed E-state index contributed by atoms with van der Waals surface area (Å²) in [5.41, 5.74) is 6.41.